The Morgan fingerprint density at radius 3 is 2.45 bits per heavy atom. The molecule has 44 heavy (non-hydrogen) atoms. The second-order valence-electron chi connectivity index (χ2n) is 10.1. The minimum absolute atomic E-state index is 0.0162. The van der Waals surface area contributed by atoms with Gasteiger partial charge in [-0.2, -0.15) is 22.9 Å². The van der Waals surface area contributed by atoms with Crippen molar-refractivity contribution in [3.8, 4) is 22.8 Å². The number of halogens is 3. The fraction of sp³-hybridized carbons (Fsp3) is 0.212. The van der Waals surface area contributed by atoms with Crippen LogP contribution in [0.1, 0.15) is 36.4 Å². The maximum Gasteiger partial charge on any atom is 0.416 e. The Bertz CT molecular complexity index is 1920. The molecular formula is C33H29F3N4O4. The lowest BCUT2D eigenvalue weighted by molar-refractivity contribution is -0.150. The Morgan fingerprint density at radius 2 is 1.75 bits per heavy atom. The van der Waals surface area contributed by atoms with Gasteiger partial charge >= 0.3 is 12.1 Å². The van der Waals surface area contributed by atoms with Crippen LogP contribution < -0.4 is 10.3 Å². The number of para-hydroxylation sites is 1. The first-order chi connectivity index (χ1) is 21.0. The van der Waals surface area contributed by atoms with Gasteiger partial charge in [0.25, 0.3) is 5.56 Å². The van der Waals surface area contributed by atoms with Crippen LogP contribution in [0, 0.1) is 13.8 Å². The number of rotatable bonds is 8. The third kappa shape index (κ3) is 6.12. The molecular weight excluding hydrogens is 573 g/mol. The van der Waals surface area contributed by atoms with Crippen molar-refractivity contribution in [1.82, 2.24) is 14.2 Å². The van der Waals surface area contributed by atoms with Gasteiger partial charge in [0.05, 0.1) is 29.3 Å². The van der Waals surface area contributed by atoms with E-state index in [1.165, 1.54) is 18.3 Å². The molecule has 2 heterocycles. The Balaban J connectivity index is 1.51. The smallest absolute Gasteiger partial charge is 0.416 e. The molecule has 5 rings (SSSR count). The zero-order chi connectivity index (χ0) is 31.6. The molecule has 0 saturated carbocycles. The lowest BCUT2D eigenvalue weighted by atomic mass is 10.1. The maximum absolute atomic E-state index is 13.5. The van der Waals surface area contributed by atoms with Crippen LogP contribution in [0.3, 0.4) is 0 Å². The summed E-state index contributed by atoms with van der Waals surface area (Å²) in [6, 6.07) is 20.3. The van der Waals surface area contributed by atoms with Gasteiger partial charge < -0.3 is 14.0 Å². The van der Waals surface area contributed by atoms with Gasteiger partial charge in [0.15, 0.2) is 11.9 Å². The highest BCUT2D eigenvalue weighted by Crippen LogP contribution is 2.32. The molecule has 0 bridgehead atoms. The number of nitrogens with zero attached hydrogens (tertiary/aromatic N) is 4. The van der Waals surface area contributed by atoms with Gasteiger partial charge in [-0.25, -0.2) is 9.78 Å². The molecule has 0 N–H and O–H groups in total. The zero-order valence-corrected chi connectivity index (χ0v) is 24.4. The highest BCUT2D eigenvalue weighted by molar-refractivity contribution is 5.83. The summed E-state index contributed by atoms with van der Waals surface area (Å²) < 4.78 is 54.2. The number of aryl methyl sites for hydroxylation is 1. The SMILES string of the molecule is CCOC(=O)[C@@H](C)Oc1ccc(-n2c(C)cc(C=Nn3c(-c4cccc(C(F)(F)F)c4)nc4ccccc4c3=O)c2C)cc1. The van der Waals surface area contributed by atoms with E-state index in [1.54, 1.807) is 50.2 Å². The Morgan fingerprint density at radius 1 is 1.02 bits per heavy atom. The van der Waals surface area contributed by atoms with E-state index in [1.807, 2.05) is 36.6 Å². The van der Waals surface area contributed by atoms with Crippen molar-refractivity contribution in [3.05, 3.63) is 112 Å². The number of alkyl halides is 3. The highest BCUT2D eigenvalue weighted by Gasteiger charge is 2.31. The summed E-state index contributed by atoms with van der Waals surface area (Å²) in [5.74, 6) is 0.0379. The second-order valence-corrected chi connectivity index (χ2v) is 10.1. The van der Waals surface area contributed by atoms with E-state index >= 15 is 0 Å². The molecule has 0 radical (unpaired) electrons. The number of carbonyl (C=O) groups is 1. The quantitative estimate of drug-likeness (QED) is 0.146. The van der Waals surface area contributed by atoms with Crippen molar-refractivity contribution in [2.24, 2.45) is 5.10 Å². The van der Waals surface area contributed by atoms with E-state index in [9.17, 15) is 22.8 Å². The molecule has 3 aromatic carbocycles. The first kappa shape index (κ1) is 30.3. The van der Waals surface area contributed by atoms with Crippen LogP contribution in [-0.2, 0) is 15.7 Å². The molecule has 2 aromatic heterocycles. The lowest BCUT2D eigenvalue weighted by Crippen LogP contribution is -2.26. The minimum Gasteiger partial charge on any atom is -0.479 e. The molecule has 0 aliphatic carbocycles. The van der Waals surface area contributed by atoms with Crippen LogP contribution in [0.15, 0.2) is 88.8 Å². The van der Waals surface area contributed by atoms with Gasteiger partial charge in [0.2, 0.25) is 0 Å². The second kappa shape index (κ2) is 12.2. The normalized spacial score (nSPS) is 12.5. The number of carbonyl (C=O) groups excluding carboxylic acids is 1. The molecule has 0 saturated heterocycles. The van der Waals surface area contributed by atoms with Crippen LogP contribution >= 0.6 is 0 Å². The molecule has 8 nitrogen and oxygen atoms in total. The summed E-state index contributed by atoms with van der Waals surface area (Å²) >= 11 is 0. The van der Waals surface area contributed by atoms with Gasteiger partial charge in [-0.1, -0.05) is 24.3 Å². The van der Waals surface area contributed by atoms with Gasteiger partial charge in [0, 0.05) is 28.2 Å². The van der Waals surface area contributed by atoms with Gasteiger partial charge in [0.1, 0.15) is 5.75 Å². The van der Waals surface area contributed by atoms with E-state index < -0.39 is 29.4 Å². The Kier molecular flexibility index (Phi) is 8.39. The topological polar surface area (TPSA) is 87.7 Å². The van der Waals surface area contributed by atoms with Crippen molar-refractivity contribution in [1.29, 1.82) is 0 Å². The largest absolute Gasteiger partial charge is 0.479 e. The van der Waals surface area contributed by atoms with Crippen molar-refractivity contribution in [2.45, 2.75) is 40.0 Å². The third-order valence-electron chi connectivity index (χ3n) is 7.01. The fourth-order valence-corrected chi connectivity index (χ4v) is 4.87. The molecule has 0 unspecified atom stereocenters. The Labute approximate surface area is 251 Å². The van der Waals surface area contributed by atoms with Crippen LogP contribution in [0.5, 0.6) is 5.75 Å². The van der Waals surface area contributed by atoms with E-state index in [0.717, 1.165) is 33.9 Å². The summed E-state index contributed by atoms with van der Waals surface area (Å²) in [5.41, 5.74) is 2.27. The molecule has 1 atom stereocenters. The van der Waals surface area contributed by atoms with Crippen LogP contribution in [0.25, 0.3) is 28.0 Å². The number of ether oxygens (including phenoxy) is 2. The fourth-order valence-electron chi connectivity index (χ4n) is 4.87. The summed E-state index contributed by atoms with van der Waals surface area (Å²) in [7, 11) is 0. The van der Waals surface area contributed by atoms with Crippen LogP contribution in [-0.4, -0.2) is 39.1 Å². The number of fused-ring (bicyclic) bond motifs is 1. The molecule has 0 aliphatic heterocycles. The predicted octanol–water partition coefficient (Wildman–Crippen LogP) is 6.70. The lowest BCUT2D eigenvalue weighted by Gasteiger charge is -2.15. The van der Waals surface area contributed by atoms with Crippen LogP contribution in [0.4, 0.5) is 13.2 Å². The van der Waals surface area contributed by atoms with E-state index in [-0.39, 0.29) is 23.4 Å². The third-order valence-corrected chi connectivity index (χ3v) is 7.01. The summed E-state index contributed by atoms with van der Waals surface area (Å²) in [4.78, 5) is 30.0. The highest BCUT2D eigenvalue weighted by atomic mass is 19.4. The average molecular weight is 603 g/mol. The average Bonchev–Trinajstić information content (AvgIpc) is 3.29. The van der Waals surface area contributed by atoms with Gasteiger partial charge in [-0.15, -0.1) is 0 Å². The summed E-state index contributed by atoms with van der Waals surface area (Å²) in [6.45, 7) is 7.41. The molecule has 0 aliphatic rings. The molecule has 0 spiro atoms. The predicted molar refractivity (Wildman–Crippen MR) is 161 cm³/mol. The van der Waals surface area contributed by atoms with Crippen molar-refractivity contribution >= 4 is 23.1 Å². The molecule has 226 valence electrons. The zero-order valence-electron chi connectivity index (χ0n) is 24.4. The first-order valence-corrected chi connectivity index (χ1v) is 13.8. The first-order valence-electron chi connectivity index (χ1n) is 13.8. The summed E-state index contributed by atoms with van der Waals surface area (Å²) in [5, 5.41) is 4.72. The standard InChI is InChI=1S/C33H29F3N4O4/c1-5-43-32(42)22(4)44-27-15-13-26(14-16-27)39-20(2)17-24(21(39)3)19-37-40-30(23-9-8-10-25(18-23)33(34,35)36)38-29-12-7-6-11-28(29)31(40)41/h6-19,22H,5H2,1-4H3/t22-/m1/s1. The van der Waals surface area contributed by atoms with Gasteiger partial charge in [-0.05, 0) is 82.3 Å². The van der Waals surface area contributed by atoms with Crippen molar-refractivity contribution in [3.63, 3.8) is 0 Å². The Hall–Kier alpha value is -5.19. The molecule has 5 aromatic rings. The van der Waals surface area contributed by atoms with Crippen LogP contribution in [0.2, 0.25) is 0 Å². The molecule has 0 amide bonds. The van der Waals surface area contributed by atoms with Crippen molar-refractivity contribution < 1.29 is 27.4 Å². The number of benzene rings is 3. The van der Waals surface area contributed by atoms with E-state index in [4.69, 9.17) is 9.47 Å². The van der Waals surface area contributed by atoms with E-state index in [2.05, 4.69) is 10.1 Å². The summed E-state index contributed by atoms with van der Waals surface area (Å²) in [6.07, 6.45) is -3.83. The molecule has 11 heteroatoms. The van der Waals surface area contributed by atoms with Gasteiger partial charge in [-0.3, -0.25) is 4.79 Å². The maximum atomic E-state index is 13.5. The minimum atomic E-state index is -4.57. The van der Waals surface area contributed by atoms with E-state index in [0.29, 0.717) is 16.8 Å². The molecule has 0 fully saturated rings. The number of hydrogen-bond donors (Lipinski definition) is 0. The monoisotopic (exact) mass is 602 g/mol. The number of hydrogen-bond acceptors (Lipinski definition) is 6. The number of esters is 1. The number of aromatic nitrogens is 3. The van der Waals surface area contributed by atoms with Crippen molar-refractivity contribution in [2.75, 3.05) is 6.61 Å².